The van der Waals surface area contributed by atoms with Crippen LogP contribution >= 0.6 is 0 Å². The normalized spacial score (nSPS) is 19.2. The van der Waals surface area contributed by atoms with Crippen molar-refractivity contribution in [2.75, 3.05) is 6.54 Å². The average molecular weight is 288 g/mol. The highest BCUT2D eigenvalue weighted by Gasteiger charge is 2.22. The van der Waals surface area contributed by atoms with Crippen molar-refractivity contribution in [3.05, 3.63) is 35.1 Å². The molecule has 21 heavy (non-hydrogen) atoms. The van der Waals surface area contributed by atoms with Gasteiger partial charge in [-0.25, -0.2) is 4.39 Å². The van der Waals surface area contributed by atoms with Crippen molar-refractivity contribution >= 4 is 5.91 Å². The van der Waals surface area contributed by atoms with Gasteiger partial charge in [-0.15, -0.1) is 0 Å². The molecule has 1 heterocycles. The highest BCUT2D eigenvalue weighted by Crippen LogP contribution is 2.24. The molecule has 112 valence electrons. The number of hydrogen-bond donors (Lipinski definition) is 0. The van der Waals surface area contributed by atoms with Gasteiger partial charge in [0.1, 0.15) is 5.82 Å². The van der Waals surface area contributed by atoms with E-state index in [-0.39, 0.29) is 5.91 Å². The van der Waals surface area contributed by atoms with Crippen molar-refractivity contribution < 1.29 is 9.18 Å². The van der Waals surface area contributed by atoms with Crippen LogP contribution in [0, 0.1) is 23.1 Å². The Kier molecular flexibility index (Phi) is 5.32. The molecule has 0 aliphatic carbocycles. The molecule has 0 radical (unpaired) electrons. The summed E-state index contributed by atoms with van der Waals surface area (Å²) in [5, 5.41) is 8.89. The lowest BCUT2D eigenvalue weighted by Gasteiger charge is -2.21. The van der Waals surface area contributed by atoms with E-state index in [0.29, 0.717) is 30.0 Å². The number of amides is 1. The van der Waals surface area contributed by atoms with Gasteiger partial charge in [-0.1, -0.05) is 19.8 Å². The van der Waals surface area contributed by atoms with Crippen LogP contribution in [0.15, 0.2) is 18.2 Å². The Hall–Kier alpha value is -1.89. The molecule has 1 atom stereocenters. The third-order valence-corrected chi connectivity index (χ3v) is 4.08. The molecule has 1 aliphatic rings. The zero-order valence-electron chi connectivity index (χ0n) is 12.4. The van der Waals surface area contributed by atoms with E-state index in [1.165, 1.54) is 18.6 Å². The smallest absolute Gasteiger partial charge is 0.222 e. The Labute approximate surface area is 125 Å². The second-order valence-corrected chi connectivity index (χ2v) is 5.76. The minimum atomic E-state index is -0.421. The number of nitriles is 1. The summed E-state index contributed by atoms with van der Waals surface area (Å²) in [6.07, 6.45) is 4.86. The van der Waals surface area contributed by atoms with Crippen molar-refractivity contribution in [3.63, 3.8) is 0 Å². The van der Waals surface area contributed by atoms with Gasteiger partial charge in [0.25, 0.3) is 0 Å². The molecule has 0 N–H and O–H groups in total. The van der Waals surface area contributed by atoms with E-state index >= 15 is 0 Å². The number of benzene rings is 1. The Morgan fingerprint density at radius 2 is 2.19 bits per heavy atom. The SMILES string of the molecule is CCCC1CCC(=O)N(Cc2cc(F)cc(C#N)c2)CC1. The highest BCUT2D eigenvalue weighted by molar-refractivity contribution is 5.76. The van der Waals surface area contributed by atoms with Crippen LogP contribution in [-0.4, -0.2) is 17.4 Å². The van der Waals surface area contributed by atoms with Gasteiger partial charge in [-0.2, -0.15) is 5.26 Å². The zero-order chi connectivity index (χ0) is 15.2. The van der Waals surface area contributed by atoms with Crippen molar-refractivity contribution in [1.82, 2.24) is 4.90 Å². The monoisotopic (exact) mass is 288 g/mol. The molecule has 2 rings (SSSR count). The number of carbonyl (C=O) groups excluding carboxylic acids is 1. The maximum Gasteiger partial charge on any atom is 0.222 e. The summed E-state index contributed by atoms with van der Waals surface area (Å²) in [5.74, 6) is 0.331. The van der Waals surface area contributed by atoms with Gasteiger partial charge in [0.15, 0.2) is 0 Å². The number of rotatable bonds is 4. The molecule has 1 aliphatic heterocycles. The fourth-order valence-electron chi connectivity index (χ4n) is 2.98. The predicted molar refractivity (Wildman–Crippen MR) is 78.8 cm³/mol. The molecule has 1 aromatic carbocycles. The van der Waals surface area contributed by atoms with E-state index in [1.54, 1.807) is 11.0 Å². The molecule has 1 saturated heterocycles. The predicted octanol–water partition coefficient (Wildman–Crippen LogP) is 3.63. The van der Waals surface area contributed by atoms with Gasteiger partial charge in [0, 0.05) is 19.5 Å². The van der Waals surface area contributed by atoms with Crippen LogP contribution in [0.2, 0.25) is 0 Å². The standard InChI is InChI=1S/C17H21FN2O/c1-2-3-13-4-5-17(21)20(7-6-13)12-15-8-14(11-19)9-16(18)10-15/h8-10,13H,2-7,12H2,1H3. The van der Waals surface area contributed by atoms with Crippen LogP contribution in [0.1, 0.15) is 50.2 Å². The summed E-state index contributed by atoms with van der Waals surface area (Å²) in [5.41, 5.74) is 0.991. The van der Waals surface area contributed by atoms with E-state index in [0.717, 1.165) is 25.8 Å². The molecule has 0 bridgehead atoms. The molecular formula is C17H21FN2O. The van der Waals surface area contributed by atoms with Gasteiger partial charge in [-0.3, -0.25) is 4.79 Å². The highest BCUT2D eigenvalue weighted by atomic mass is 19.1. The molecular weight excluding hydrogens is 267 g/mol. The second-order valence-electron chi connectivity index (χ2n) is 5.76. The van der Waals surface area contributed by atoms with E-state index in [2.05, 4.69) is 6.92 Å². The minimum Gasteiger partial charge on any atom is -0.338 e. The quantitative estimate of drug-likeness (QED) is 0.849. The van der Waals surface area contributed by atoms with Crippen LogP contribution in [0.3, 0.4) is 0 Å². The van der Waals surface area contributed by atoms with E-state index < -0.39 is 5.82 Å². The minimum absolute atomic E-state index is 0.136. The first kappa shape index (κ1) is 15.5. The first-order chi connectivity index (χ1) is 10.1. The molecule has 1 amide bonds. The second kappa shape index (κ2) is 7.21. The van der Waals surface area contributed by atoms with Gasteiger partial charge in [0.05, 0.1) is 11.6 Å². The van der Waals surface area contributed by atoms with Gasteiger partial charge in [-0.05, 0) is 42.5 Å². The molecule has 1 fully saturated rings. The van der Waals surface area contributed by atoms with E-state index in [9.17, 15) is 9.18 Å². The first-order valence-corrected chi connectivity index (χ1v) is 7.59. The molecule has 1 unspecified atom stereocenters. The van der Waals surface area contributed by atoms with Crippen molar-refractivity contribution in [3.8, 4) is 6.07 Å². The van der Waals surface area contributed by atoms with Crippen LogP contribution in [-0.2, 0) is 11.3 Å². The van der Waals surface area contributed by atoms with Crippen LogP contribution < -0.4 is 0 Å². The third-order valence-electron chi connectivity index (χ3n) is 4.08. The summed E-state index contributed by atoms with van der Waals surface area (Å²) in [4.78, 5) is 14.0. The van der Waals surface area contributed by atoms with Crippen molar-refractivity contribution in [2.45, 2.75) is 45.6 Å². The van der Waals surface area contributed by atoms with Crippen LogP contribution in [0.5, 0.6) is 0 Å². The Bertz CT molecular complexity index is 550. The number of hydrogen-bond acceptors (Lipinski definition) is 2. The molecule has 4 heteroatoms. The molecule has 0 aromatic heterocycles. The number of nitrogens with zero attached hydrogens (tertiary/aromatic N) is 2. The Morgan fingerprint density at radius 1 is 1.38 bits per heavy atom. The lowest BCUT2D eigenvalue weighted by molar-refractivity contribution is -0.131. The number of halogens is 1. The maximum absolute atomic E-state index is 13.5. The largest absolute Gasteiger partial charge is 0.338 e. The summed E-state index contributed by atoms with van der Waals surface area (Å²) < 4.78 is 13.5. The molecule has 3 nitrogen and oxygen atoms in total. The lowest BCUT2D eigenvalue weighted by atomic mass is 9.96. The first-order valence-electron chi connectivity index (χ1n) is 7.59. The van der Waals surface area contributed by atoms with Gasteiger partial charge in [0.2, 0.25) is 5.91 Å². The van der Waals surface area contributed by atoms with E-state index in [4.69, 9.17) is 5.26 Å². The van der Waals surface area contributed by atoms with Gasteiger partial charge >= 0.3 is 0 Å². The molecule has 0 spiro atoms. The molecule has 0 saturated carbocycles. The zero-order valence-corrected chi connectivity index (χ0v) is 12.4. The number of carbonyl (C=O) groups is 1. The van der Waals surface area contributed by atoms with Crippen molar-refractivity contribution in [1.29, 1.82) is 5.26 Å². The fraction of sp³-hybridized carbons (Fsp3) is 0.529. The van der Waals surface area contributed by atoms with Crippen LogP contribution in [0.4, 0.5) is 4.39 Å². The van der Waals surface area contributed by atoms with E-state index in [1.807, 2.05) is 6.07 Å². The Balaban J connectivity index is 2.06. The summed E-state index contributed by atoms with van der Waals surface area (Å²) in [7, 11) is 0. The summed E-state index contributed by atoms with van der Waals surface area (Å²) in [6.45, 7) is 3.28. The van der Waals surface area contributed by atoms with Gasteiger partial charge < -0.3 is 4.90 Å². The fourth-order valence-corrected chi connectivity index (χ4v) is 2.98. The lowest BCUT2D eigenvalue weighted by Crippen LogP contribution is -2.29. The summed E-state index contributed by atoms with van der Waals surface area (Å²) >= 11 is 0. The Morgan fingerprint density at radius 3 is 2.90 bits per heavy atom. The van der Waals surface area contributed by atoms with Crippen molar-refractivity contribution in [2.24, 2.45) is 5.92 Å². The third kappa shape index (κ3) is 4.29. The molecule has 1 aromatic rings. The number of likely N-dealkylation sites (tertiary alicyclic amines) is 1. The van der Waals surface area contributed by atoms with Crippen LogP contribution in [0.25, 0.3) is 0 Å². The summed E-state index contributed by atoms with van der Waals surface area (Å²) in [6, 6.07) is 6.23. The topological polar surface area (TPSA) is 44.1 Å². The average Bonchev–Trinajstić information content (AvgIpc) is 2.63. The maximum atomic E-state index is 13.5.